The second-order valence-electron chi connectivity index (χ2n) is 6.09. The molecular formula is C20H21IN2. The summed E-state index contributed by atoms with van der Waals surface area (Å²) in [5.41, 5.74) is 4.59. The molecule has 2 aromatic carbocycles. The lowest BCUT2D eigenvalue weighted by Gasteiger charge is -2.16. The second kappa shape index (κ2) is 7.21. The van der Waals surface area contributed by atoms with Crippen molar-refractivity contribution in [1.82, 2.24) is 0 Å². The van der Waals surface area contributed by atoms with E-state index in [2.05, 4.69) is 74.5 Å². The molecule has 0 radical (unpaired) electrons. The molecule has 0 spiro atoms. The van der Waals surface area contributed by atoms with Crippen LogP contribution in [0.4, 0.5) is 0 Å². The molecule has 3 heteroatoms. The number of hydrazone groups is 1. The molecule has 0 fully saturated rings. The molecule has 1 aliphatic rings. The smallest absolute Gasteiger partial charge is 0.219 e. The summed E-state index contributed by atoms with van der Waals surface area (Å²) in [6, 6.07) is 20.8. The summed E-state index contributed by atoms with van der Waals surface area (Å²) in [5.74, 6) is 0. The van der Waals surface area contributed by atoms with Crippen LogP contribution in [0.15, 0.2) is 71.8 Å². The van der Waals surface area contributed by atoms with Gasteiger partial charge in [-0.05, 0) is 30.6 Å². The van der Waals surface area contributed by atoms with Gasteiger partial charge in [0.1, 0.15) is 11.1 Å². The highest BCUT2D eigenvalue weighted by Gasteiger charge is 2.43. The number of halogens is 1. The molecule has 0 bridgehead atoms. The first-order valence-corrected chi connectivity index (χ1v) is 7.58. The lowest BCUT2D eigenvalue weighted by molar-refractivity contribution is -0.499. The largest absolute Gasteiger partial charge is 1.00 e. The topological polar surface area (TPSA) is 15.4 Å². The third-order valence-electron chi connectivity index (χ3n) is 4.11. The first-order chi connectivity index (χ1) is 10.6. The molecule has 0 unspecified atom stereocenters. The number of hydrogen-bond acceptors (Lipinski definition) is 1. The fourth-order valence-electron chi connectivity index (χ4n) is 2.92. The fraction of sp³-hybridized carbons (Fsp3) is 0.200. The van der Waals surface area contributed by atoms with E-state index in [9.17, 15) is 0 Å². The number of rotatable bonds is 3. The summed E-state index contributed by atoms with van der Waals surface area (Å²) < 4.78 is 1.99. The monoisotopic (exact) mass is 416 g/mol. The van der Waals surface area contributed by atoms with Gasteiger partial charge in [-0.25, -0.2) is 0 Å². The minimum Gasteiger partial charge on any atom is -1.00 e. The first kappa shape index (κ1) is 17.6. The molecule has 2 aromatic rings. The highest BCUT2D eigenvalue weighted by molar-refractivity contribution is 6.21. The Bertz CT molecular complexity index is 757. The Labute approximate surface area is 155 Å². The van der Waals surface area contributed by atoms with Gasteiger partial charge in [-0.3, -0.25) is 0 Å². The van der Waals surface area contributed by atoms with Crippen LogP contribution in [0, 0.1) is 5.41 Å². The van der Waals surface area contributed by atoms with Gasteiger partial charge in [-0.2, -0.15) is 0 Å². The van der Waals surface area contributed by atoms with Gasteiger partial charge >= 0.3 is 0 Å². The molecule has 23 heavy (non-hydrogen) atoms. The van der Waals surface area contributed by atoms with Crippen LogP contribution in [0.2, 0.25) is 0 Å². The lowest BCUT2D eigenvalue weighted by Crippen LogP contribution is -3.00. The Morgan fingerprint density at radius 3 is 2.04 bits per heavy atom. The summed E-state index contributed by atoms with van der Waals surface area (Å²) in [6.07, 6.45) is 4.33. The van der Waals surface area contributed by atoms with Gasteiger partial charge in [0.15, 0.2) is 7.05 Å². The van der Waals surface area contributed by atoms with Crippen LogP contribution >= 0.6 is 0 Å². The molecule has 0 saturated carbocycles. The van der Waals surface area contributed by atoms with Gasteiger partial charge in [0, 0.05) is 11.6 Å². The van der Waals surface area contributed by atoms with Gasteiger partial charge in [-0.1, -0.05) is 65.3 Å². The average molecular weight is 416 g/mol. The zero-order valence-electron chi connectivity index (χ0n) is 13.7. The average Bonchev–Trinajstić information content (AvgIpc) is 2.76. The molecule has 0 amide bonds. The summed E-state index contributed by atoms with van der Waals surface area (Å²) in [6.45, 7) is 4.46. The molecule has 0 aliphatic carbocycles. The Kier molecular flexibility index (Phi) is 5.52. The highest BCUT2D eigenvalue weighted by atomic mass is 127. The first-order valence-electron chi connectivity index (χ1n) is 7.58. The third-order valence-corrected chi connectivity index (χ3v) is 4.11. The maximum absolute atomic E-state index is 4.77. The van der Waals surface area contributed by atoms with Gasteiger partial charge in [-0.15, -0.1) is 0 Å². The van der Waals surface area contributed by atoms with Crippen molar-refractivity contribution in [3.63, 3.8) is 0 Å². The second-order valence-corrected chi connectivity index (χ2v) is 6.09. The van der Waals surface area contributed by atoms with Crippen LogP contribution in [-0.2, 0) is 0 Å². The summed E-state index contributed by atoms with van der Waals surface area (Å²) in [4.78, 5) is 0. The number of benzene rings is 2. The number of allylic oxidation sites excluding steroid dienone is 1. The highest BCUT2D eigenvalue weighted by Crippen LogP contribution is 2.30. The van der Waals surface area contributed by atoms with Crippen LogP contribution < -0.4 is 24.0 Å². The predicted octanol–water partition coefficient (Wildman–Crippen LogP) is 1.23. The van der Waals surface area contributed by atoms with Gasteiger partial charge in [0.05, 0.1) is 0 Å². The quantitative estimate of drug-likeness (QED) is 0.529. The Balaban J connectivity index is 0.00000192. The van der Waals surface area contributed by atoms with E-state index in [1.807, 2.05) is 23.9 Å². The van der Waals surface area contributed by atoms with Crippen LogP contribution in [-0.4, -0.2) is 23.2 Å². The van der Waals surface area contributed by atoms with Crippen LogP contribution in [0.3, 0.4) is 0 Å². The van der Waals surface area contributed by atoms with Crippen molar-refractivity contribution in [1.29, 1.82) is 0 Å². The molecule has 1 heterocycles. The summed E-state index contributed by atoms with van der Waals surface area (Å²) in [5, 5.41) is 4.77. The van der Waals surface area contributed by atoms with E-state index < -0.39 is 0 Å². The maximum Gasteiger partial charge on any atom is 0.219 e. The van der Waals surface area contributed by atoms with Crippen molar-refractivity contribution < 1.29 is 28.7 Å². The normalized spacial score (nSPS) is 16.4. The molecule has 2 nitrogen and oxygen atoms in total. The molecule has 0 atom stereocenters. The van der Waals surface area contributed by atoms with E-state index in [0.29, 0.717) is 0 Å². The Hall–Kier alpha value is -1.75. The fourth-order valence-corrected chi connectivity index (χ4v) is 2.92. The van der Waals surface area contributed by atoms with E-state index in [1.54, 1.807) is 0 Å². The van der Waals surface area contributed by atoms with Gasteiger partial charge in [0.25, 0.3) is 0 Å². The summed E-state index contributed by atoms with van der Waals surface area (Å²) in [7, 11) is 2.02. The zero-order valence-corrected chi connectivity index (χ0v) is 15.9. The van der Waals surface area contributed by atoms with Gasteiger partial charge < -0.3 is 24.0 Å². The van der Waals surface area contributed by atoms with Crippen molar-refractivity contribution in [2.75, 3.05) is 7.05 Å². The van der Waals surface area contributed by atoms with E-state index in [0.717, 1.165) is 5.71 Å². The molecule has 3 rings (SSSR count). The van der Waals surface area contributed by atoms with Crippen molar-refractivity contribution in [3.05, 3.63) is 77.9 Å². The van der Waals surface area contributed by atoms with Crippen molar-refractivity contribution in [2.45, 2.75) is 13.8 Å². The number of nitrogens with zero attached hydrogens (tertiary/aromatic N) is 2. The minimum atomic E-state index is -0.110. The number of hydrogen-bond donors (Lipinski definition) is 0. The Morgan fingerprint density at radius 2 is 1.43 bits per heavy atom. The predicted molar refractivity (Wildman–Crippen MR) is 93.4 cm³/mol. The van der Waals surface area contributed by atoms with E-state index in [1.165, 1.54) is 16.8 Å². The zero-order chi connectivity index (χ0) is 15.6. The van der Waals surface area contributed by atoms with Crippen molar-refractivity contribution >= 4 is 17.5 Å². The van der Waals surface area contributed by atoms with E-state index in [-0.39, 0.29) is 29.4 Å². The molecule has 0 aromatic heterocycles. The Morgan fingerprint density at radius 1 is 0.870 bits per heavy atom. The maximum atomic E-state index is 4.77. The molecule has 1 aliphatic heterocycles. The standard InChI is InChI=1S/C20H21N2.HI/c1-20(2)18(15-14-16-10-6-4-7-11-16)22(3)21-19(20)17-12-8-5-9-13-17;/h4-15H,1-3H3;1H/q+1;/p-1/b15-14+;. The van der Waals surface area contributed by atoms with Gasteiger partial charge in [0.2, 0.25) is 5.71 Å². The third kappa shape index (κ3) is 3.61. The van der Waals surface area contributed by atoms with Crippen LogP contribution in [0.1, 0.15) is 25.0 Å². The minimum absolute atomic E-state index is 0. The molecule has 0 saturated heterocycles. The molecular weight excluding hydrogens is 395 g/mol. The SMILES string of the molecule is C[N+]1=C(/C=C/c2ccccc2)C(C)(C)C(c2ccccc2)=N1.[I-]. The van der Waals surface area contributed by atoms with Crippen molar-refractivity contribution in [2.24, 2.45) is 10.5 Å². The molecule has 0 N–H and O–H groups in total. The van der Waals surface area contributed by atoms with Crippen LogP contribution in [0.25, 0.3) is 6.08 Å². The van der Waals surface area contributed by atoms with Crippen molar-refractivity contribution in [3.8, 4) is 0 Å². The molecule has 118 valence electrons. The van der Waals surface area contributed by atoms with E-state index in [4.69, 9.17) is 5.10 Å². The van der Waals surface area contributed by atoms with E-state index >= 15 is 0 Å². The summed E-state index contributed by atoms with van der Waals surface area (Å²) >= 11 is 0. The lowest BCUT2D eigenvalue weighted by atomic mass is 9.79. The van der Waals surface area contributed by atoms with Crippen LogP contribution in [0.5, 0.6) is 0 Å².